The fourth-order valence-corrected chi connectivity index (χ4v) is 5.41. The minimum absolute atomic E-state index is 0.405. The van der Waals surface area contributed by atoms with E-state index in [4.69, 9.17) is 0 Å². The van der Waals surface area contributed by atoms with E-state index in [1.165, 1.54) is 35.0 Å². The van der Waals surface area contributed by atoms with Gasteiger partial charge in [-0.3, -0.25) is 4.90 Å². The third-order valence-electron chi connectivity index (χ3n) is 6.46. The summed E-state index contributed by atoms with van der Waals surface area (Å²) in [6.45, 7) is 9.05. The summed E-state index contributed by atoms with van der Waals surface area (Å²) in [6, 6.07) is 6.18. The third-order valence-corrected chi connectivity index (χ3v) is 7.42. The van der Waals surface area contributed by atoms with Gasteiger partial charge in [0.25, 0.3) is 0 Å². The van der Waals surface area contributed by atoms with Crippen LogP contribution in [0, 0.1) is 5.41 Å². The van der Waals surface area contributed by atoms with Crippen molar-refractivity contribution in [3.8, 4) is 0 Å². The van der Waals surface area contributed by atoms with E-state index in [0.717, 1.165) is 39.0 Å². The number of aromatic carboxylic acids is 1. The maximum Gasteiger partial charge on any atom is 0.335 e. The van der Waals surface area contributed by atoms with E-state index in [1.54, 1.807) is 11.6 Å². The van der Waals surface area contributed by atoms with Gasteiger partial charge >= 0.3 is 5.97 Å². The second kappa shape index (κ2) is 7.25. The summed E-state index contributed by atoms with van der Waals surface area (Å²) in [5, 5.41) is 9.24. The Morgan fingerprint density at radius 1 is 1.30 bits per heavy atom. The van der Waals surface area contributed by atoms with Crippen molar-refractivity contribution in [3.63, 3.8) is 0 Å². The summed E-state index contributed by atoms with van der Waals surface area (Å²) in [4.78, 5) is 16.4. The first-order valence-electron chi connectivity index (χ1n) is 10.0. The lowest BCUT2D eigenvalue weighted by Gasteiger charge is -2.47. The Balaban J connectivity index is 1.45. The first-order valence-corrected chi connectivity index (χ1v) is 10.8. The van der Waals surface area contributed by atoms with Crippen LogP contribution in [-0.2, 0) is 6.42 Å². The summed E-state index contributed by atoms with van der Waals surface area (Å²) in [7, 11) is 0. The Morgan fingerprint density at radius 2 is 2.11 bits per heavy atom. The number of fused-ring (bicyclic) bond motifs is 3. The fraction of sp³-hybridized carbons (Fsp3) is 0.591. The summed E-state index contributed by atoms with van der Waals surface area (Å²) in [5.74, 6) is -0.834. The molecule has 0 radical (unpaired) electrons. The predicted molar refractivity (Wildman–Crippen MR) is 113 cm³/mol. The molecule has 1 saturated heterocycles. The third kappa shape index (κ3) is 3.95. The lowest BCUT2D eigenvalue weighted by atomic mass is 9.77. The number of halogens is 1. The molecule has 1 atom stereocenters. The Morgan fingerprint density at radius 3 is 2.89 bits per heavy atom. The zero-order valence-electron chi connectivity index (χ0n) is 16.3. The number of aryl methyl sites for hydroxylation is 1. The molecule has 0 amide bonds. The van der Waals surface area contributed by atoms with E-state index < -0.39 is 5.97 Å². The lowest BCUT2D eigenvalue weighted by molar-refractivity contribution is 0.0696. The monoisotopic (exact) mass is 432 g/mol. The molecule has 0 spiro atoms. The first kappa shape index (κ1) is 19.0. The summed E-state index contributed by atoms with van der Waals surface area (Å²) in [6.07, 6.45) is 5.72. The number of carboxylic acids is 1. The quantitative estimate of drug-likeness (QED) is 0.752. The van der Waals surface area contributed by atoms with Crippen LogP contribution in [0.2, 0.25) is 0 Å². The number of rotatable bonds is 3. The van der Waals surface area contributed by atoms with Crippen molar-refractivity contribution in [3.05, 3.63) is 39.4 Å². The van der Waals surface area contributed by atoms with Crippen molar-refractivity contribution in [2.75, 3.05) is 31.1 Å². The minimum atomic E-state index is -0.834. The van der Waals surface area contributed by atoms with Gasteiger partial charge in [0.05, 0.1) is 5.56 Å². The van der Waals surface area contributed by atoms with Crippen LogP contribution in [0.25, 0.3) is 0 Å². The van der Waals surface area contributed by atoms with Gasteiger partial charge in [0, 0.05) is 37.9 Å². The number of hydrogen-bond donors (Lipinski definition) is 1. The van der Waals surface area contributed by atoms with E-state index in [-0.39, 0.29) is 0 Å². The van der Waals surface area contributed by atoms with Gasteiger partial charge in [-0.2, -0.15) is 0 Å². The molecule has 0 bridgehead atoms. The zero-order chi connectivity index (χ0) is 19.2. The van der Waals surface area contributed by atoms with Crippen molar-refractivity contribution in [1.82, 2.24) is 4.90 Å². The largest absolute Gasteiger partial charge is 0.478 e. The van der Waals surface area contributed by atoms with Crippen LogP contribution in [0.1, 0.15) is 55.5 Å². The molecule has 1 aromatic carbocycles. The molecule has 1 aliphatic carbocycles. The van der Waals surface area contributed by atoms with Crippen LogP contribution in [-0.4, -0.2) is 48.2 Å². The van der Waals surface area contributed by atoms with Crippen LogP contribution in [0.5, 0.6) is 0 Å². The molecule has 2 aliphatic heterocycles. The van der Waals surface area contributed by atoms with E-state index in [2.05, 4.69) is 39.6 Å². The van der Waals surface area contributed by atoms with Crippen LogP contribution in [0.15, 0.2) is 28.3 Å². The van der Waals surface area contributed by atoms with Gasteiger partial charge in [0.1, 0.15) is 0 Å². The van der Waals surface area contributed by atoms with Crippen molar-refractivity contribution in [2.45, 2.75) is 52.0 Å². The molecule has 0 saturated carbocycles. The van der Waals surface area contributed by atoms with Crippen LogP contribution < -0.4 is 4.90 Å². The van der Waals surface area contributed by atoms with Gasteiger partial charge < -0.3 is 10.0 Å². The fourth-order valence-electron chi connectivity index (χ4n) is 4.95. The van der Waals surface area contributed by atoms with E-state index in [9.17, 15) is 9.90 Å². The molecule has 4 rings (SSSR count). The SMILES string of the molecule is CC1(C)CCC(Br)=C(CN2CCN3c4ccc(C(=O)O)cc4CCC3C2)C1. The van der Waals surface area contributed by atoms with Crippen LogP contribution in [0.4, 0.5) is 5.69 Å². The van der Waals surface area contributed by atoms with Crippen LogP contribution >= 0.6 is 15.9 Å². The summed E-state index contributed by atoms with van der Waals surface area (Å²) >= 11 is 3.84. The highest BCUT2D eigenvalue weighted by atomic mass is 79.9. The van der Waals surface area contributed by atoms with Gasteiger partial charge in [-0.1, -0.05) is 29.8 Å². The number of carboxylic acid groups (broad SMARTS) is 1. The maximum absolute atomic E-state index is 11.2. The average molecular weight is 433 g/mol. The smallest absolute Gasteiger partial charge is 0.335 e. The van der Waals surface area contributed by atoms with Crippen molar-refractivity contribution < 1.29 is 9.90 Å². The number of allylic oxidation sites excluding steroid dienone is 1. The second-order valence-electron chi connectivity index (χ2n) is 9.12. The van der Waals surface area contributed by atoms with E-state index in [1.807, 2.05) is 12.1 Å². The highest BCUT2D eigenvalue weighted by Gasteiger charge is 2.33. The molecule has 146 valence electrons. The number of hydrogen-bond acceptors (Lipinski definition) is 3. The molecular weight excluding hydrogens is 404 g/mol. The first-order chi connectivity index (χ1) is 12.8. The number of piperazine rings is 1. The number of anilines is 1. The Hall–Kier alpha value is -1.33. The Labute approximate surface area is 170 Å². The predicted octanol–water partition coefficient (Wildman–Crippen LogP) is 4.68. The molecule has 4 nitrogen and oxygen atoms in total. The van der Waals surface area contributed by atoms with Crippen molar-refractivity contribution in [1.29, 1.82) is 0 Å². The van der Waals surface area contributed by atoms with E-state index >= 15 is 0 Å². The van der Waals surface area contributed by atoms with Gasteiger partial charge in [-0.25, -0.2) is 4.79 Å². The zero-order valence-corrected chi connectivity index (χ0v) is 17.9. The lowest BCUT2D eigenvalue weighted by Crippen LogP contribution is -2.55. The van der Waals surface area contributed by atoms with Crippen molar-refractivity contribution in [2.24, 2.45) is 5.41 Å². The normalized spacial score (nSPS) is 25.1. The standard InChI is InChI=1S/C22H29BrN2O2/c1-22(2)8-7-19(23)17(12-22)13-24-9-10-25-18(14-24)5-3-15-11-16(21(26)27)4-6-20(15)25/h4,6,11,18H,3,5,7-10,12-14H2,1-2H3,(H,26,27). The second-order valence-corrected chi connectivity index (χ2v) is 10.1. The molecule has 2 heterocycles. The molecule has 3 aliphatic rings. The van der Waals surface area contributed by atoms with Gasteiger partial charge in [-0.15, -0.1) is 0 Å². The molecule has 27 heavy (non-hydrogen) atoms. The Kier molecular flexibility index (Phi) is 5.10. The van der Waals surface area contributed by atoms with Crippen molar-refractivity contribution >= 4 is 27.6 Å². The topological polar surface area (TPSA) is 43.8 Å². The number of nitrogens with zero attached hydrogens (tertiary/aromatic N) is 2. The van der Waals surface area contributed by atoms with Crippen LogP contribution in [0.3, 0.4) is 0 Å². The molecule has 1 fully saturated rings. The minimum Gasteiger partial charge on any atom is -0.478 e. The maximum atomic E-state index is 11.2. The molecule has 1 aromatic rings. The van der Waals surface area contributed by atoms with Gasteiger partial charge in [0.2, 0.25) is 0 Å². The molecule has 1 unspecified atom stereocenters. The summed E-state index contributed by atoms with van der Waals surface area (Å²) < 4.78 is 1.43. The Bertz CT molecular complexity index is 787. The van der Waals surface area contributed by atoms with Gasteiger partial charge in [-0.05, 0) is 71.3 Å². The molecule has 0 aromatic heterocycles. The number of benzene rings is 1. The highest BCUT2D eigenvalue weighted by Crippen LogP contribution is 2.41. The average Bonchev–Trinajstić information content (AvgIpc) is 2.63. The molecule has 1 N–H and O–H groups in total. The van der Waals surface area contributed by atoms with Gasteiger partial charge in [0.15, 0.2) is 0 Å². The highest BCUT2D eigenvalue weighted by molar-refractivity contribution is 9.11. The van der Waals surface area contributed by atoms with E-state index in [0.29, 0.717) is 17.0 Å². The molecular formula is C22H29BrN2O2. The molecule has 5 heteroatoms. The number of carbonyl (C=O) groups is 1. The summed E-state index contributed by atoms with van der Waals surface area (Å²) in [5.41, 5.74) is 4.85.